The molecule has 0 nitrogen and oxygen atoms in total. The van der Waals surface area contributed by atoms with E-state index in [4.69, 9.17) is 0 Å². The van der Waals surface area contributed by atoms with Crippen LogP contribution in [0.5, 0.6) is 0 Å². The van der Waals surface area contributed by atoms with Crippen LogP contribution in [0.4, 0.5) is 0 Å². The van der Waals surface area contributed by atoms with Crippen molar-refractivity contribution in [2.24, 2.45) is 11.3 Å². The van der Waals surface area contributed by atoms with E-state index in [0.717, 1.165) is 5.92 Å². The molecule has 0 amide bonds. The normalized spacial score (nSPS) is 11.3. The minimum atomic E-state index is 0. The molecule has 0 saturated heterocycles. The number of hydrogen-bond acceptors (Lipinski definition) is 0. The molecule has 1 heteroatoms. The number of hydrogen-bond donors (Lipinski definition) is 0. The Hall–Kier alpha value is 1.10. The van der Waals surface area contributed by atoms with Gasteiger partial charge in [-0.05, 0) is 5.92 Å². The molecule has 0 aromatic carbocycles. The van der Waals surface area contributed by atoms with E-state index in [1.165, 1.54) is 6.42 Å². The van der Waals surface area contributed by atoms with Crippen molar-refractivity contribution in [2.45, 2.75) is 34.1 Å². The van der Waals surface area contributed by atoms with Crippen LogP contribution in [-0.4, -0.2) is 0 Å². The average molecular weight is 202 g/mol. The van der Waals surface area contributed by atoms with Crippen molar-refractivity contribution in [3.05, 3.63) is 6.92 Å². The van der Waals surface area contributed by atoms with Crippen LogP contribution in [0.3, 0.4) is 0 Å². The second kappa shape index (κ2) is 4.85. The van der Waals surface area contributed by atoms with Crippen LogP contribution < -0.4 is 0 Å². The molecule has 0 atom stereocenters. The maximum Gasteiger partial charge on any atom is 0 e. The van der Waals surface area contributed by atoms with Gasteiger partial charge in [-0.1, -0.05) is 34.1 Å². The molecule has 0 spiro atoms. The Morgan fingerprint density at radius 3 is 1.67 bits per heavy atom. The predicted octanol–water partition coefficient (Wildman–Crippen LogP) is 2.89. The standard InChI is InChI=1S/C8H17.Y/c1-7(2)6-8(3,4)5;/h7H,3,6H2,1-2,4-5H3;/q-1;. The van der Waals surface area contributed by atoms with Crippen LogP contribution in [0.25, 0.3) is 0 Å². The van der Waals surface area contributed by atoms with Crippen LogP contribution in [0, 0.1) is 18.3 Å². The molecule has 0 aromatic rings. The molecule has 0 heterocycles. The Kier molecular flexibility index (Phi) is 6.87. The van der Waals surface area contributed by atoms with Crippen molar-refractivity contribution in [3.8, 4) is 0 Å². The van der Waals surface area contributed by atoms with Crippen molar-refractivity contribution in [3.63, 3.8) is 0 Å². The first-order valence-electron chi connectivity index (χ1n) is 3.27. The van der Waals surface area contributed by atoms with Gasteiger partial charge in [0.25, 0.3) is 0 Å². The average Bonchev–Trinajstić information content (AvgIpc) is 1.21. The van der Waals surface area contributed by atoms with E-state index in [-0.39, 0.29) is 38.1 Å². The summed E-state index contributed by atoms with van der Waals surface area (Å²) in [5, 5.41) is 0. The minimum Gasteiger partial charge on any atom is -0.338 e. The molecular formula is C8H17Y-. The first kappa shape index (κ1) is 12.8. The summed E-state index contributed by atoms with van der Waals surface area (Å²) in [7, 11) is 0. The first-order chi connectivity index (χ1) is 3.42. The smallest absolute Gasteiger partial charge is 0 e. The minimum absolute atomic E-state index is 0. The first-order valence-corrected chi connectivity index (χ1v) is 3.27. The van der Waals surface area contributed by atoms with Gasteiger partial charge in [0.05, 0.1) is 0 Å². The fraction of sp³-hybridized carbons (Fsp3) is 0.875. The van der Waals surface area contributed by atoms with E-state index in [1.54, 1.807) is 0 Å². The Balaban J connectivity index is 0. The monoisotopic (exact) mass is 202 g/mol. The third kappa shape index (κ3) is 12.3. The molecule has 0 saturated carbocycles. The Labute approximate surface area is 84.7 Å². The maximum absolute atomic E-state index is 4.01. The molecule has 0 aromatic heterocycles. The Bertz CT molecular complexity index is 59.5. The zero-order valence-electron chi connectivity index (χ0n) is 7.07. The predicted molar refractivity (Wildman–Crippen MR) is 38.6 cm³/mol. The third-order valence-electron chi connectivity index (χ3n) is 0.961. The van der Waals surface area contributed by atoms with Crippen molar-refractivity contribution >= 4 is 0 Å². The Morgan fingerprint density at radius 1 is 1.33 bits per heavy atom. The van der Waals surface area contributed by atoms with Gasteiger partial charge in [-0.15, -0.1) is 0 Å². The van der Waals surface area contributed by atoms with Gasteiger partial charge in [0.2, 0.25) is 0 Å². The van der Waals surface area contributed by atoms with Gasteiger partial charge in [0, 0.05) is 32.7 Å². The zero-order chi connectivity index (χ0) is 6.78. The molecule has 53 valence electrons. The molecular weight excluding hydrogens is 185 g/mol. The molecule has 0 N–H and O–H groups in total. The molecule has 0 bridgehead atoms. The number of rotatable bonds is 2. The topological polar surface area (TPSA) is 0 Å². The third-order valence-corrected chi connectivity index (χ3v) is 0.961. The van der Waals surface area contributed by atoms with Gasteiger partial charge in [0.1, 0.15) is 0 Å². The summed E-state index contributed by atoms with van der Waals surface area (Å²) in [6.07, 6.45) is 1.22. The summed E-state index contributed by atoms with van der Waals surface area (Å²) < 4.78 is 0. The van der Waals surface area contributed by atoms with Gasteiger partial charge >= 0.3 is 0 Å². The summed E-state index contributed by atoms with van der Waals surface area (Å²) in [6, 6.07) is 0. The summed E-state index contributed by atoms with van der Waals surface area (Å²) in [4.78, 5) is 0. The second-order valence-electron chi connectivity index (χ2n) is 3.76. The SMILES string of the molecule is [CH2-]C(C)(C)CC(C)C.[Y]. The molecule has 9 heavy (non-hydrogen) atoms. The molecule has 1 radical (unpaired) electrons. The van der Waals surface area contributed by atoms with Crippen LogP contribution in [0.1, 0.15) is 34.1 Å². The van der Waals surface area contributed by atoms with E-state index in [0.29, 0.717) is 0 Å². The fourth-order valence-corrected chi connectivity index (χ4v) is 1.11. The van der Waals surface area contributed by atoms with Gasteiger partial charge in [-0.25, -0.2) is 0 Å². The van der Waals surface area contributed by atoms with Crippen LogP contribution in [0.15, 0.2) is 0 Å². The van der Waals surface area contributed by atoms with E-state index in [2.05, 4.69) is 34.6 Å². The second-order valence-corrected chi connectivity index (χ2v) is 3.76. The quantitative estimate of drug-likeness (QED) is 0.604. The molecule has 0 aliphatic rings. The van der Waals surface area contributed by atoms with Gasteiger partial charge in [0.15, 0.2) is 0 Å². The van der Waals surface area contributed by atoms with Gasteiger partial charge < -0.3 is 6.92 Å². The maximum atomic E-state index is 4.01. The largest absolute Gasteiger partial charge is 0.338 e. The van der Waals surface area contributed by atoms with Gasteiger partial charge in [-0.3, -0.25) is 0 Å². The molecule has 0 aliphatic carbocycles. The summed E-state index contributed by atoms with van der Waals surface area (Å²) >= 11 is 0. The van der Waals surface area contributed by atoms with E-state index in [9.17, 15) is 0 Å². The summed E-state index contributed by atoms with van der Waals surface area (Å²) in [5.41, 5.74) is 0.272. The fourth-order valence-electron chi connectivity index (χ4n) is 1.11. The summed E-state index contributed by atoms with van der Waals surface area (Å²) in [5.74, 6) is 0.780. The molecule has 0 aliphatic heterocycles. The van der Waals surface area contributed by atoms with E-state index < -0.39 is 0 Å². The molecule has 0 fully saturated rings. The van der Waals surface area contributed by atoms with Crippen LogP contribution in [0.2, 0.25) is 0 Å². The zero-order valence-corrected chi connectivity index (χ0v) is 9.91. The van der Waals surface area contributed by atoms with E-state index in [1.807, 2.05) is 0 Å². The van der Waals surface area contributed by atoms with Crippen molar-refractivity contribution in [2.75, 3.05) is 0 Å². The summed E-state index contributed by atoms with van der Waals surface area (Å²) in [6.45, 7) is 12.8. The van der Waals surface area contributed by atoms with Crippen molar-refractivity contribution in [1.29, 1.82) is 0 Å². The van der Waals surface area contributed by atoms with Crippen molar-refractivity contribution < 1.29 is 32.7 Å². The van der Waals surface area contributed by atoms with Crippen molar-refractivity contribution in [1.82, 2.24) is 0 Å². The Morgan fingerprint density at radius 2 is 1.67 bits per heavy atom. The van der Waals surface area contributed by atoms with Crippen LogP contribution in [-0.2, 0) is 32.7 Å². The van der Waals surface area contributed by atoms with E-state index >= 15 is 0 Å². The van der Waals surface area contributed by atoms with Crippen LogP contribution >= 0.6 is 0 Å². The van der Waals surface area contributed by atoms with Gasteiger partial charge in [-0.2, -0.15) is 5.41 Å². The molecule has 0 rings (SSSR count). The molecule has 0 unspecified atom stereocenters.